The number of aryl methyl sites for hydroxylation is 2. The smallest absolute Gasteiger partial charge is 0.226 e. The van der Waals surface area contributed by atoms with Gasteiger partial charge in [0.05, 0.1) is 5.69 Å². The van der Waals surface area contributed by atoms with E-state index < -0.39 is 0 Å². The highest BCUT2D eigenvalue weighted by molar-refractivity contribution is 5.80. The molecule has 9 nitrogen and oxygen atoms in total. The van der Waals surface area contributed by atoms with Crippen molar-refractivity contribution in [3.05, 3.63) is 29.7 Å². The number of rotatable bonds is 7. The van der Waals surface area contributed by atoms with Gasteiger partial charge in [0.2, 0.25) is 5.89 Å². The molecule has 26 heavy (non-hydrogen) atoms. The van der Waals surface area contributed by atoms with Crippen LogP contribution in [0.4, 0.5) is 0 Å². The minimum atomic E-state index is 0.681. The zero-order chi connectivity index (χ0) is 18.2. The fraction of sp³-hybridized carbons (Fsp3) is 0.647. The molecule has 2 aromatic rings. The highest BCUT2D eigenvalue weighted by Gasteiger charge is 2.20. The van der Waals surface area contributed by atoms with Crippen LogP contribution in [0, 0.1) is 6.92 Å². The number of hydrogen-bond donors (Lipinski definition) is 1. The number of aromatic nitrogens is 3. The van der Waals surface area contributed by atoms with E-state index in [1.54, 1.807) is 6.26 Å². The summed E-state index contributed by atoms with van der Waals surface area (Å²) in [5, 5.41) is 11.2. The number of guanidine groups is 1. The highest BCUT2D eigenvalue weighted by atomic mass is 16.5. The summed E-state index contributed by atoms with van der Waals surface area (Å²) >= 11 is 0. The SMILES string of the molecule is CCNC(=NCCCc1nc(C)no1)N1CCN(Cc2ccon2)CC1. The molecular weight excluding hydrogens is 334 g/mol. The molecule has 9 heteroatoms. The standard InChI is InChI=1S/C17H27N7O2/c1-3-18-17(19-7-4-5-16-20-14(2)21-26-16)24-10-8-23(9-11-24)13-15-6-12-25-22-15/h6,12H,3-5,7-11,13H2,1-2H3,(H,18,19). The molecule has 1 fully saturated rings. The van der Waals surface area contributed by atoms with Gasteiger partial charge in [0, 0.05) is 58.3 Å². The molecule has 3 heterocycles. The van der Waals surface area contributed by atoms with Crippen LogP contribution in [0.2, 0.25) is 0 Å². The molecule has 2 aromatic heterocycles. The van der Waals surface area contributed by atoms with E-state index in [1.165, 1.54) is 0 Å². The van der Waals surface area contributed by atoms with Crippen molar-refractivity contribution in [1.29, 1.82) is 0 Å². The summed E-state index contributed by atoms with van der Waals surface area (Å²) in [5.41, 5.74) is 0.982. The molecule has 0 bridgehead atoms. The van der Waals surface area contributed by atoms with Crippen LogP contribution in [0.25, 0.3) is 0 Å². The van der Waals surface area contributed by atoms with Crippen molar-refractivity contribution < 1.29 is 9.05 Å². The summed E-state index contributed by atoms with van der Waals surface area (Å²) in [6, 6.07) is 1.92. The van der Waals surface area contributed by atoms with Gasteiger partial charge in [0.25, 0.3) is 0 Å². The topological polar surface area (TPSA) is 95.8 Å². The van der Waals surface area contributed by atoms with Crippen molar-refractivity contribution >= 4 is 5.96 Å². The molecule has 0 atom stereocenters. The van der Waals surface area contributed by atoms with Crippen LogP contribution in [-0.4, -0.2) is 70.3 Å². The summed E-state index contributed by atoms with van der Waals surface area (Å²) in [7, 11) is 0. The summed E-state index contributed by atoms with van der Waals surface area (Å²) in [4.78, 5) is 13.7. The molecular formula is C17H27N7O2. The highest BCUT2D eigenvalue weighted by Crippen LogP contribution is 2.08. The molecule has 0 spiro atoms. The minimum absolute atomic E-state index is 0.681. The zero-order valence-electron chi connectivity index (χ0n) is 15.5. The molecule has 0 radical (unpaired) electrons. The van der Waals surface area contributed by atoms with Crippen LogP contribution in [0.3, 0.4) is 0 Å². The summed E-state index contributed by atoms with van der Waals surface area (Å²) in [6.45, 7) is 10.2. The van der Waals surface area contributed by atoms with Gasteiger partial charge in [-0.15, -0.1) is 0 Å². The molecule has 1 aliphatic rings. The molecule has 0 amide bonds. The first-order valence-electron chi connectivity index (χ1n) is 9.18. The lowest BCUT2D eigenvalue weighted by Gasteiger charge is -2.36. The first kappa shape index (κ1) is 18.4. The van der Waals surface area contributed by atoms with Gasteiger partial charge in [-0.2, -0.15) is 4.98 Å². The van der Waals surface area contributed by atoms with Crippen LogP contribution in [0.5, 0.6) is 0 Å². The van der Waals surface area contributed by atoms with E-state index in [9.17, 15) is 0 Å². The summed E-state index contributed by atoms with van der Waals surface area (Å²) in [6.07, 6.45) is 3.27. The second-order valence-corrected chi connectivity index (χ2v) is 6.33. The van der Waals surface area contributed by atoms with E-state index in [4.69, 9.17) is 14.0 Å². The average Bonchev–Trinajstić information content (AvgIpc) is 3.30. The zero-order valence-corrected chi connectivity index (χ0v) is 15.5. The van der Waals surface area contributed by atoms with Gasteiger partial charge in [0.1, 0.15) is 6.26 Å². The van der Waals surface area contributed by atoms with Gasteiger partial charge in [0.15, 0.2) is 11.8 Å². The average molecular weight is 361 g/mol. The predicted octanol–water partition coefficient (Wildman–Crippen LogP) is 1.08. The van der Waals surface area contributed by atoms with Gasteiger partial charge in [-0.25, -0.2) is 0 Å². The lowest BCUT2D eigenvalue weighted by atomic mass is 10.3. The molecule has 0 aromatic carbocycles. The molecule has 0 saturated carbocycles. The molecule has 0 aliphatic carbocycles. The third-order valence-corrected chi connectivity index (χ3v) is 4.26. The monoisotopic (exact) mass is 361 g/mol. The van der Waals surface area contributed by atoms with Gasteiger partial charge in [-0.1, -0.05) is 10.3 Å². The lowest BCUT2D eigenvalue weighted by molar-refractivity contribution is 0.169. The van der Waals surface area contributed by atoms with Crippen molar-refractivity contribution in [2.45, 2.75) is 33.2 Å². The van der Waals surface area contributed by atoms with Crippen LogP contribution < -0.4 is 5.32 Å². The fourth-order valence-corrected chi connectivity index (χ4v) is 2.95. The van der Waals surface area contributed by atoms with E-state index in [1.807, 2.05) is 13.0 Å². The maximum absolute atomic E-state index is 5.14. The Morgan fingerprint density at radius 2 is 2.12 bits per heavy atom. The van der Waals surface area contributed by atoms with E-state index in [0.29, 0.717) is 11.7 Å². The number of nitrogens with one attached hydrogen (secondary N) is 1. The first-order chi connectivity index (χ1) is 12.7. The quantitative estimate of drug-likeness (QED) is 0.445. The van der Waals surface area contributed by atoms with E-state index in [0.717, 1.165) is 70.3 Å². The Kier molecular flexibility index (Phi) is 6.59. The van der Waals surface area contributed by atoms with Crippen LogP contribution in [-0.2, 0) is 13.0 Å². The van der Waals surface area contributed by atoms with E-state index in [2.05, 4.69) is 37.3 Å². The van der Waals surface area contributed by atoms with Gasteiger partial charge < -0.3 is 19.3 Å². The van der Waals surface area contributed by atoms with Crippen molar-refractivity contribution in [3.63, 3.8) is 0 Å². The van der Waals surface area contributed by atoms with E-state index >= 15 is 0 Å². The van der Waals surface area contributed by atoms with Crippen molar-refractivity contribution in [3.8, 4) is 0 Å². The maximum atomic E-state index is 5.14. The Morgan fingerprint density at radius 1 is 1.27 bits per heavy atom. The Labute approximate surface area is 153 Å². The molecule has 1 saturated heterocycles. The Morgan fingerprint density at radius 3 is 2.77 bits per heavy atom. The predicted molar refractivity (Wildman–Crippen MR) is 96.7 cm³/mol. The molecule has 142 valence electrons. The van der Waals surface area contributed by atoms with Crippen LogP contribution in [0.15, 0.2) is 26.4 Å². The number of aliphatic imine (C=N–C) groups is 1. The third kappa shape index (κ3) is 5.29. The second-order valence-electron chi connectivity index (χ2n) is 6.33. The normalized spacial score (nSPS) is 16.2. The maximum Gasteiger partial charge on any atom is 0.226 e. The first-order valence-corrected chi connectivity index (χ1v) is 9.18. The lowest BCUT2D eigenvalue weighted by Crippen LogP contribution is -2.52. The van der Waals surface area contributed by atoms with Crippen molar-refractivity contribution in [1.82, 2.24) is 30.4 Å². The molecule has 0 unspecified atom stereocenters. The number of hydrogen-bond acceptors (Lipinski definition) is 7. The van der Waals surface area contributed by atoms with Crippen molar-refractivity contribution in [2.75, 3.05) is 39.3 Å². The largest absolute Gasteiger partial charge is 0.364 e. The van der Waals surface area contributed by atoms with Crippen molar-refractivity contribution in [2.24, 2.45) is 4.99 Å². The Balaban J connectivity index is 1.44. The second kappa shape index (κ2) is 9.33. The fourth-order valence-electron chi connectivity index (χ4n) is 2.95. The third-order valence-electron chi connectivity index (χ3n) is 4.26. The summed E-state index contributed by atoms with van der Waals surface area (Å²) in [5.74, 6) is 2.35. The Hall–Kier alpha value is -2.42. The Bertz CT molecular complexity index is 675. The van der Waals surface area contributed by atoms with E-state index in [-0.39, 0.29) is 0 Å². The van der Waals surface area contributed by atoms with Crippen LogP contribution in [0.1, 0.15) is 30.8 Å². The van der Waals surface area contributed by atoms with Gasteiger partial charge >= 0.3 is 0 Å². The van der Waals surface area contributed by atoms with Crippen LogP contribution >= 0.6 is 0 Å². The number of nitrogens with zero attached hydrogens (tertiary/aromatic N) is 6. The summed E-state index contributed by atoms with van der Waals surface area (Å²) < 4.78 is 10.0. The van der Waals surface area contributed by atoms with Gasteiger partial charge in [-0.05, 0) is 20.3 Å². The number of piperazine rings is 1. The molecule has 1 N–H and O–H groups in total. The minimum Gasteiger partial charge on any atom is -0.364 e. The van der Waals surface area contributed by atoms with Gasteiger partial charge in [-0.3, -0.25) is 9.89 Å². The molecule has 1 aliphatic heterocycles. The molecule has 3 rings (SSSR count).